The number of aliphatic hydroxyl groups is 1. The van der Waals surface area contributed by atoms with Gasteiger partial charge >= 0.3 is 11.2 Å². The molecule has 1 heterocycles. The van der Waals surface area contributed by atoms with Crippen LogP contribution in [0.15, 0.2) is 24.3 Å². The fourth-order valence-corrected chi connectivity index (χ4v) is 1.40. The first-order valence-electron chi connectivity index (χ1n) is 3.35. The van der Waals surface area contributed by atoms with Crippen molar-refractivity contribution in [3.8, 4) is 0 Å². The van der Waals surface area contributed by atoms with Crippen molar-refractivity contribution in [2.24, 2.45) is 0 Å². The first-order valence-corrected chi connectivity index (χ1v) is 3.73. The standard InChI is InChI=1S/C8H5ClO3/c9-8(11)6-4-2-1-3-5(6)7(10)12-8/h1-4,11H. The zero-order chi connectivity index (χ0) is 8.77. The molecule has 1 aromatic rings. The molecule has 62 valence electrons. The second-order valence-electron chi connectivity index (χ2n) is 2.50. The summed E-state index contributed by atoms with van der Waals surface area (Å²) in [5.74, 6) is -0.594. The van der Waals surface area contributed by atoms with Crippen LogP contribution in [-0.4, -0.2) is 11.1 Å². The second kappa shape index (κ2) is 2.21. The predicted octanol–water partition coefficient (Wildman–Crippen LogP) is 1.20. The molecule has 0 radical (unpaired) electrons. The molecule has 0 saturated carbocycles. The fraction of sp³-hybridized carbons (Fsp3) is 0.125. The van der Waals surface area contributed by atoms with Crippen LogP contribution in [0.1, 0.15) is 15.9 Å². The van der Waals surface area contributed by atoms with E-state index in [1.165, 1.54) is 0 Å². The van der Waals surface area contributed by atoms with Crippen molar-refractivity contribution < 1.29 is 14.6 Å². The number of hydrogen-bond acceptors (Lipinski definition) is 3. The molecular formula is C8H5ClO3. The fourth-order valence-electron chi connectivity index (χ4n) is 1.16. The lowest BCUT2D eigenvalue weighted by Crippen LogP contribution is -2.16. The molecule has 1 unspecified atom stereocenters. The van der Waals surface area contributed by atoms with Crippen molar-refractivity contribution in [2.45, 2.75) is 5.25 Å². The second-order valence-corrected chi connectivity index (χ2v) is 3.01. The van der Waals surface area contributed by atoms with Crippen LogP contribution in [-0.2, 0) is 9.98 Å². The predicted molar refractivity (Wildman–Crippen MR) is 41.6 cm³/mol. The quantitative estimate of drug-likeness (QED) is 0.487. The molecule has 1 aliphatic heterocycles. The van der Waals surface area contributed by atoms with E-state index in [9.17, 15) is 9.90 Å². The maximum absolute atomic E-state index is 11.0. The SMILES string of the molecule is O=C1OC(O)(Cl)c2ccccc21. The molecule has 0 bridgehead atoms. The van der Waals surface area contributed by atoms with E-state index in [0.717, 1.165) is 0 Å². The highest BCUT2D eigenvalue weighted by atomic mass is 35.5. The summed E-state index contributed by atoms with van der Waals surface area (Å²) >= 11 is 5.51. The van der Waals surface area contributed by atoms with E-state index >= 15 is 0 Å². The Bertz CT molecular complexity index is 346. The monoisotopic (exact) mass is 184 g/mol. The molecule has 0 aliphatic carbocycles. The minimum atomic E-state index is -1.98. The molecule has 1 atom stereocenters. The minimum absolute atomic E-state index is 0.302. The number of cyclic esters (lactones) is 1. The van der Waals surface area contributed by atoms with Crippen LogP contribution in [0.25, 0.3) is 0 Å². The summed E-state index contributed by atoms with van der Waals surface area (Å²) in [5.41, 5.74) is 0.617. The molecule has 2 rings (SSSR count). The third kappa shape index (κ3) is 0.906. The number of fused-ring (bicyclic) bond motifs is 1. The van der Waals surface area contributed by atoms with E-state index in [4.69, 9.17) is 11.6 Å². The Morgan fingerprint density at radius 1 is 1.42 bits per heavy atom. The highest BCUT2D eigenvalue weighted by Gasteiger charge is 2.42. The van der Waals surface area contributed by atoms with Crippen molar-refractivity contribution in [1.29, 1.82) is 0 Å². The van der Waals surface area contributed by atoms with Crippen LogP contribution in [0.2, 0.25) is 0 Å². The van der Waals surface area contributed by atoms with Crippen LogP contribution in [0.3, 0.4) is 0 Å². The molecule has 1 N–H and O–H groups in total. The topological polar surface area (TPSA) is 46.5 Å². The van der Waals surface area contributed by atoms with E-state index < -0.39 is 11.2 Å². The molecule has 1 aliphatic rings. The number of benzene rings is 1. The van der Waals surface area contributed by atoms with E-state index in [1.54, 1.807) is 24.3 Å². The molecule has 0 aromatic heterocycles. The van der Waals surface area contributed by atoms with Gasteiger partial charge in [0.1, 0.15) is 0 Å². The Morgan fingerprint density at radius 3 is 2.75 bits per heavy atom. The first kappa shape index (κ1) is 7.58. The molecule has 1 aromatic carbocycles. The molecule has 12 heavy (non-hydrogen) atoms. The lowest BCUT2D eigenvalue weighted by atomic mass is 10.1. The van der Waals surface area contributed by atoms with E-state index in [1.807, 2.05) is 0 Å². The number of halogens is 1. The van der Waals surface area contributed by atoms with Gasteiger partial charge in [0.15, 0.2) is 0 Å². The van der Waals surface area contributed by atoms with Gasteiger partial charge in [-0.1, -0.05) is 18.2 Å². The van der Waals surface area contributed by atoms with Gasteiger partial charge in [0.25, 0.3) is 0 Å². The minimum Gasteiger partial charge on any atom is -0.410 e. The number of hydrogen-bond donors (Lipinski definition) is 1. The zero-order valence-corrected chi connectivity index (χ0v) is 6.71. The van der Waals surface area contributed by atoms with Crippen LogP contribution in [0.4, 0.5) is 0 Å². The summed E-state index contributed by atoms with van der Waals surface area (Å²) in [6.07, 6.45) is 0. The van der Waals surface area contributed by atoms with Crippen molar-refractivity contribution in [2.75, 3.05) is 0 Å². The van der Waals surface area contributed by atoms with Crippen molar-refractivity contribution >= 4 is 17.6 Å². The zero-order valence-electron chi connectivity index (χ0n) is 5.95. The maximum Gasteiger partial charge on any atom is 0.342 e. The molecule has 0 spiro atoms. The first-order chi connectivity index (χ1) is 5.61. The number of esters is 1. The Kier molecular flexibility index (Phi) is 1.40. The maximum atomic E-state index is 11.0. The summed E-state index contributed by atoms with van der Waals surface area (Å²) < 4.78 is 4.50. The Balaban J connectivity index is 2.66. The average Bonchev–Trinajstić information content (AvgIpc) is 2.25. The van der Waals surface area contributed by atoms with Crippen molar-refractivity contribution in [1.82, 2.24) is 0 Å². The Hall–Kier alpha value is -1.06. The van der Waals surface area contributed by atoms with E-state index in [2.05, 4.69) is 4.74 Å². The summed E-state index contributed by atoms with van der Waals surface area (Å²) in [6.45, 7) is 0. The van der Waals surface area contributed by atoms with Crippen LogP contribution < -0.4 is 0 Å². The Labute approximate surface area is 73.5 Å². The Morgan fingerprint density at radius 2 is 2.08 bits per heavy atom. The number of ether oxygens (including phenoxy) is 1. The van der Waals surface area contributed by atoms with Gasteiger partial charge in [0.2, 0.25) is 0 Å². The van der Waals surface area contributed by atoms with Gasteiger partial charge in [-0.05, 0) is 17.7 Å². The van der Waals surface area contributed by atoms with E-state index in [0.29, 0.717) is 11.1 Å². The summed E-state index contributed by atoms with van der Waals surface area (Å²) in [6, 6.07) is 6.46. The van der Waals surface area contributed by atoms with Gasteiger partial charge in [0, 0.05) is 0 Å². The number of rotatable bonds is 0. The highest BCUT2D eigenvalue weighted by molar-refractivity contribution is 6.24. The summed E-state index contributed by atoms with van der Waals surface area (Å²) in [7, 11) is 0. The van der Waals surface area contributed by atoms with Crippen LogP contribution >= 0.6 is 11.6 Å². The molecular weight excluding hydrogens is 180 g/mol. The third-order valence-corrected chi connectivity index (χ3v) is 1.99. The largest absolute Gasteiger partial charge is 0.410 e. The lowest BCUT2D eigenvalue weighted by molar-refractivity contribution is -0.0929. The number of alkyl halides is 1. The van der Waals surface area contributed by atoms with Gasteiger partial charge in [0.05, 0.1) is 11.1 Å². The molecule has 0 fully saturated rings. The third-order valence-electron chi connectivity index (χ3n) is 1.71. The van der Waals surface area contributed by atoms with Crippen molar-refractivity contribution in [3.05, 3.63) is 35.4 Å². The smallest absolute Gasteiger partial charge is 0.342 e. The number of carbonyl (C=O) groups excluding carboxylic acids is 1. The molecule has 3 nitrogen and oxygen atoms in total. The number of carbonyl (C=O) groups is 1. The van der Waals surface area contributed by atoms with Gasteiger partial charge in [-0.15, -0.1) is 0 Å². The highest BCUT2D eigenvalue weighted by Crippen LogP contribution is 2.36. The molecule has 0 amide bonds. The molecule has 0 saturated heterocycles. The normalized spacial score (nSPS) is 26.7. The molecule has 4 heteroatoms. The van der Waals surface area contributed by atoms with Gasteiger partial charge < -0.3 is 9.84 Å². The van der Waals surface area contributed by atoms with Gasteiger partial charge in [-0.2, -0.15) is 0 Å². The van der Waals surface area contributed by atoms with E-state index in [-0.39, 0.29) is 0 Å². The van der Waals surface area contributed by atoms with Crippen LogP contribution in [0.5, 0.6) is 0 Å². The van der Waals surface area contributed by atoms with Crippen LogP contribution in [0, 0.1) is 0 Å². The summed E-state index contributed by atoms with van der Waals surface area (Å²) in [5, 5.41) is 7.36. The van der Waals surface area contributed by atoms with Gasteiger partial charge in [-0.3, -0.25) is 0 Å². The van der Waals surface area contributed by atoms with Gasteiger partial charge in [-0.25, -0.2) is 4.79 Å². The average molecular weight is 185 g/mol. The lowest BCUT2D eigenvalue weighted by Gasteiger charge is -2.11. The van der Waals surface area contributed by atoms with Crippen molar-refractivity contribution in [3.63, 3.8) is 0 Å². The summed E-state index contributed by atoms with van der Waals surface area (Å²) in [4.78, 5) is 11.0.